The van der Waals surface area contributed by atoms with Gasteiger partial charge in [-0.1, -0.05) is 12.8 Å². The number of amides is 2. The Labute approximate surface area is 151 Å². The molecule has 8 heteroatoms. The van der Waals surface area contributed by atoms with Crippen molar-refractivity contribution >= 4 is 23.2 Å². The van der Waals surface area contributed by atoms with Gasteiger partial charge in [0, 0.05) is 11.4 Å². The lowest BCUT2D eigenvalue weighted by molar-refractivity contribution is -0.122. The molecular formula is C18H20N6O2. The molecule has 1 aliphatic rings. The van der Waals surface area contributed by atoms with Crippen molar-refractivity contribution in [1.29, 1.82) is 5.26 Å². The van der Waals surface area contributed by atoms with Crippen LogP contribution in [0.3, 0.4) is 0 Å². The molecule has 8 nitrogen and oxygen atoms in total. The van der Waals surface area contributed by atoms with Crippen molar-refractivity contribution in [3.8, 4) is 6.07 Å². The zero-order chi connectivity index (χ0) is 18.6. The molecule has 134 valence electrons. The van der Waals surface area contributed by atoms with Crippen LogP contribution < -0.4 is 10.6 Å². The predicted octanol–water partition coefficient (Wildman–Crippen LogP) is 2.50. The molecule has 0 bridgehead atoms. The number of hydrogen-bond acceptors (Lipinski definition) is 5. The van der Waals surface area contributed by atoms with E-state index >= 15 is 0 Å². The molecule has 0 saturated heterocycles. The van der Waals surface area contributed by atoms with Crippen LogP contribution in [0.2, 0.25) is 0 Å². The fraction of sp³-hybridized carbons (Fsp3) is 0.389. The first-order valence-corrected chi connectivity index (χ1v) is 8.52. The van der Waals surface area contributed by atoms with E-state index in [1.807, 2.05) is 0 Å². The average molecular weight is 352 g/mol. The molecule has 2 aromatic rings. The van der Waals surface area contributed by atoms with Gasteiger partial charge in [0.25, 0.3) is 0 Å². The fourth-order valence-corrected chi connectivity index (χ4v) is 3.04. The number of nitriles is 1. The second kappa shape index (κ2) is 7.35. The van der Waals surface area contributed by atoms with E-state index in [0.717, 1.165) is 12.8 Å². The predicted molar refractivity (Wildman–Crippen MR) is 94.9 cm³/mol. The Morgan fingerprint density at radius 2 is 1.81 bits per heavy atom. The minimum absolute atomic E-state index is 0.221. The minimum atomic E-state index is -0.917. The third-order valence-electron chi connectivity index (χ3n) is 4.73. The van der Waals surface area contributed by atoms with Crippen LogP contribution in [0.5, 0.6) is 0 Å². The van der Waals surface area contributed by atoms with E-state index in [-0.39, 0.29) is 11.8 Å². The molecule has 0 unspecified atom stereocenters. The molecule has 1 atom stereocenters. The van der Waals surface area contributed by atoms with Crippen LogP contribution in [0, 0.1) is 16.7 Å². The van der Waals surface area contributed by atoms with Crippen LogP contribution in [-0.4, -0.2) is 26.6 Å². The lowest BCUT2D eigenvalue weighted by atomic mass is 9.87. The summed E-state index contributed by atoms with van der Waals surface area (Å²) in [5.74, 6) is -0.476. The molecule has 0 spiro atoms. The molecule has 2 N–H and O–H groups in total. The number of rotatable bonds is 5. The molecule has 1 saturated carbocycles. The van der Waals surface area contributed by atoms with Crippen LogP contribution >= 0.6 is 0 Å². The van der Waals surface area contributed by atoms with E-state index in [1.165, 1.54) is 17.3 Å². The van der Waals surface area contributed by atoms with Gasteiger partial charge in [0.2, 0.25) is 11.8 Å². The topological polar surface area (TPSA) is 113 Å². The lowest BCUT2D eigenvalue weighted by Gasteiger charge is -2.19. The Bertz CT molecular complexity index is 816. The van der Waals surface area contributed by atoms with Crippen molar-refractivity contribution in [2.45, 2.75) is 38.6 Å². The molecule has 1 heterocycles. The van der Waals surface area contributed by atoms with Gasteiger partial charge in [0.1, 0.15) is 24.1 Å². The van der Waals surface area contributed by atoms with Crippen LogP contribution in [-0.2, 0) is 9.59 Å². The summed E-state index contributed by atoms with van der Waals surface area (Å²) in [5, 5.41) is 18.9. The lowest BCUT2D eigenvalue weighted by Crippen LogP contribution is -2.32. The van der Waals surface area contributed by atoms with Gasteiger partial charge in [-0.2, -0.15) is 10.4 Å². The van der Waals surface area contributed by atoms with Gasteiger partial charge >= 0.3 is 0 Å². The van der Waals surface area contributed by atoms with Crippen molar-refractivity contribution < 1.29 is 9.59 Å². The van der Waals surface area contributed by atoms with Gasteiger partial charge in [-0.3, -0.25) is 9.59 Å². The Kier molecular flexibility index (Phi) is 4.98. The second-order valence-electron chi connectivity index (χ2n) is 6.47. The SMILES string of the molecule is C[C@H](C(=O)Nc1ccc(NC(=O)C2(C#N)CCCC2)cc1)n1cncn1. The first kappa shape index (κ1) is 17.6. The monoisotopic (exact) mass is 352 g/mol. The highest BCUT2D eigenvalue weighted by molar-refractivity contribution is 5.98. The Morgan fingerprint density at radius 1 is 1.19 bits per heavy atom. The molecule has 2 amide bonds. The zero-order valence-corrected chi connectivity index (χ0v) is 14.5. The molecule has 1 fully saturated rings. The number of nitrogens with zero attached hydrogens (tertiary/aromatic N) is 4. The van der Waals surface area contributed by atoms with E-state index in [9.17, 15) is 14.9 Å². The number of anilines is 2. The van der Waals surface area contributed by atoms with E-state index in [4.69, 9.17) is 0 Å². The van der Waals surface area contributed by atoms with Crippen LogP contribution in [0.1, 0.15) is 38.6 Å². The molecule has 1 aromatic heterocycles. The number of hydrogen-bond donors (Lipinski definition) is 2. The summed E-state index contributed by atoms with van der Waals surface area (Å²) in [6.45, 7) is 1.72. The van der Waals surface area contributed by atoms with Crippen LogP contribution in [0.25, 0.3) is 0 Å². The number of carbonyl (C=O) groups is 2. The van der Waals surface area contributed by atoms with Gasteiger partial charge < -0.3 is 10.6 Å². The quantitative estimate of drug-likeness (QED) is 0.858. The fourth-order valence-electron chi connectivity index (χ4n) is 3.04. The molecule has 0 radical (unpaired) electrons. The Balaban J connectivity index is 1.61. The number of benzene rings is 1. The highest BCUT2D eigenvalue weighted by Gasteiger charge is 2.41. The van der Waals surface area contributed by atoms with E-state index in [0.29, 0.717) is 24.2 Å². The summed E-state index contributed by atoms with van der Waals surface area (Å²) in [6, 6.07) is 8.50. The highest BCUT2D eigenvalue weighted by Crippen LogP contribution is 2.38. The molecule has 3 rings (SSSR count). The van der Waals surface area contributed by atoms with Crippen molar-refractivity contribution in [2.75, 3.05) is 10.6 Å². The smallest absolute Gasteiger partial charge is 0.249 e. The second-order valence-corrected chi connectivity index (χ2v) is 6.47. The molecular weight excluding hydrogens is 332 g/mol. The summed E-state index contributed by atoms with van der Waals surface area (Å²) in [7, 11) is 0. The van der Waals surface area contributed by atoms with E-state index < -0.39 is 11.5 Å². The Hall–Kier alpha value is -3.21. The van der Waals surface area contributed by atoms with Gasteiger partial charge in [-0.05, 0) is 44.0 Å². The Morgan fingerprint density at radius 3 is 2.35 bits per heavy atom. The number of aromatic nitrogens is 3. The van der Waals surface area contributed by atoms with Crippen molar-refractivity contribution in [3.05, 3.63) is 36.9 Å². The summed E-state index contributed by atoms with van der Waals surface area (Å²) < 4.78 is 1.47. The highest BCUT2D eigenvalue weighted by atomic mass is 16.2. The van der Waals surface area contributed by atoms with Gasteiger partial charge in [0.15, 0.2) is 0 Å². The van der Waals surface area contributed by atoms with E-state index in [1.54, 1.807) is 31.2 Å². The van der Waals surface area contributed by atoms with Gasteiger partial charge in [0.05, 0.1) is 6.07 Å². The maximum Gasteiger partial charge on any atom is 0.249 e. The number of nitrogens with one attached hydrogen (secondary N) is 2. The van der Waals surface area contributed by atoms with Crippen LogP contribution in [0.15, 0.2) is 36.9 Å². The molecule has 26 heavy (non-hydrogen) atoms. The third-order valence-corrected chi connectivity index (χ3v) is 4.73. The van der Waals surface area contributed by atoms with Crippen molar-refractivity contribution in [2.24, 2.45) is 5.41 Å². The van der Waals surface area contributed by atoms with E-state index in [2.05, 4.69) is 26.8 Å². The molecule has 0 aliphatic heterocycles. The summed E-state index contributed by atoms with van der Waals surface area (Å²) in [4.78, 5) is 28.5. The van der Waals surface area contributed by atoms with Crippen molar-refractivity contribution in [3.63, 3.8) is 0 Å². The summed E-state index contributed by atoms with van der Waals surface area (Å²) >= 11 is 0. The standard InChI is InChI=1S/C18H20N6O2/c1-13(24-12-20-11-21-24)16(25)22-14-4-6-15(7-5-14)23-17(26)18(10-19)8-2-3-9-18/h4-7,11-13H,2-3,8-9H2,1H3,(H,22,25)(H,23,26)/t13-/m1/s1. The third kappa shape index (κ3) is 3.57. The summed E-state index contributed by atoms with van der Waals surface area (Å²) in [5.41, 5.74) is 0.287. The van der Waals surface area contributed by atoms with Gasteiger partial charge in [-0.15, -0.1) is 0 Å². The van der Waals surface area contributed by atoms with Crippen LogP contribution in [0.4, 0.5) is 11.4 Å². The normalized spacial score (nSPS) is 16.5. The first-order valence-electron chi connectivity index (χ1n) is 8.52. The minimum Gasteiger partial charge on any atom is -0.325 e. The average Bonchev–Trinajstić information content (AvgIpc) is 3.35. The zero-order valence-electron chi connectivity index (χ0n) is 14.5. The summed E-state index contributed by atoms with van der Waals surface area (Å²) in [6.07, 6.45) is 5.86. The molecule has 1 aliphatic carbocycles. The largest absolute Gasteiger partial charge is 0.325 e. The maximum absolute atomic E-state index is 12.4. The number of carbonyl (C=O) groups excluding carboxylic acids is 2. The van der Waals surface area contributed by atoms with Crippen molar-refractivity contribution in [1.82, 2.24) is 14.8 Å². The first-order chi connectivity index (χ1) is 12.5. The molecule has 1 aromatic carbocycles. The maximum atomic E-state index is 12.4. The van der Waals surface area contributed by atoms with Gasteiger partial charge in [-0.25, -0.2) is 9.67 Å².